The summed E-state index contributed by atoms with van der Waals surface area (Å²) >= 11 is 0. The van der Waals surface area contributed by atoms with Crippen LogP contribution >= 0.6 is 0 Å². The lowest BCUT2D eigenvalue weighted by Crippen LogP contribution is -2.31. The van der Waals surface area contributed by atoms with Crippen molar-refractivity contribution in [1.82, 2.24) is 15.6 Å². The topological polar surface area (TPSA) is 72.5 Å². The van der Waals surface area contributed by atoms with Gasteiger partial charge < -0.3 is 20.1 Å². The molecule has 6 heteroatoms. The molecule has 1 aromatic heterocycles. The highest BCUT2D eigenvalue weighted by Gasteiger charge is 2.21. The third kappa shape index (κ3) is 4.70. The minimum absolute atomic E-state index is 0.0747. The molecule has 0 bridgehead atoms. The van der Waals surface area contributed by atoms with Gasteiger partial charge in [-0.1, -0.05) is 18.2 Å². The molecule has 25 heavy (non-hydrogen) atoms. The number of para-hydroxylation sites is 2. The molecule has 0 saturated carbocycles. The standard InChI is InChI=1S/C19H23N3O3/c1-2-24-16-5-3-4-6-17(16)25-18-8-7-14(11-21-18)12-22-19(23)15-9-10-20-13-15/h3-8,11,15,20H,2,9-10,12-13H2,1H3,(H,22,23). The number of hydrogen-bond donors (Lipinski definition) is 2. The van der Waals surface area contributed by atoms with Gasteiger partial charge in [-0.2, -0.15) is 0 Å². The fourth-order valence-corrected chi connectivity index (χ4v) is 2.71. The van der Waals surface area contributed by atoms with Gasteiger partial charge in [0.15, 0.2) is 11.5 Å². The normalized spacial score (nSPS) is 16.4. The van der Waals surface area contributed by atoms with Gasteiger partial charge in [-0.05, 0) is 37.6 Å². The molecule has 132 valence electrons. The maximum absolute atomic E-state index is 12.0. The Morgan fingerprint density at radius 1 is 1.28 bits per heavy atom. The van der Waals surface area contributed by atoms with Gasteiger partial charge in [0, 0.05) is 25.4 Å². The number of nitrogens with zero attached hydrogens (tertiary/aromatic N) is 1. The fraction of sp³-hybridized carbons (Fsp3) is 0.368. The number of benzene rings is 1. The van der Waals surface area contributed by atoms with Crippen LogP contribution < -0.4 is 20.1 Å². The van der Waals surface area contributed by atoms with Crippen molar-refractivity contribution in [2.45, 2.75) is 19.9 Å². The van der Waals surface area contributed by atoms with E-state index in [9.17, 15) is 4.79 Å². The highest BCUT2D eigenvalue weighted by Crippen LogP contribution is 2.30. The van der Waals surface area contributed by atoms with E-state index in [-0.39, 0.29) is 11.8 Å². The van der Waals surface area contributed by atoms with Crippen LogP contribution in [0.5, 0.6) is 17.4 Å². The quantitative estimate of drug-likeness (QED) is 0.809. The van der Waals surface area contributed by atoms with Crippen LogP contribution in [-0.2, 0) is 11.3 Å². The van der Waals surface area contributed by atoms with E-state index in [1.165, 1.54) is 0 Å². The summed E-state index contributed by atoms with van der Waals surface area (Å²) < 4.78 is 11.3. The molecule has 2 heterocycles. The molecule has 0 spiro atoms. The second-order valence-electron chi connectivity index (χ2n) is 5.89. The van der Waals surface area contributed by atoms with Gasteiger partial charge in [0.05, 0.1) is 12.5 Å². The Kier molecular flexibility index (Phi) is 5.85. The third-order valence-electron chi connectivity index (χ3n) is 4.06. The Bertz CT molecular complexity index is 697. The zero-order chi connectivity index (χ0) is 17.5. The van der Waals surface area contributed by atoms with Crippen molar-refractivity contribution in [3.05, 3.63) is 48.2 Å². The maximum atomic E-state index is 12.0. The van der Waals surface area contributed by atoms with E-state index < -0.39 is 0 Å². The van der Waals surface area contributed by atoms with E-state index in [4.69, 9.17) is 9.47 Å². The number of hydrogen-bond acceptors (Lipinski definition) is 5. The molecule has 1 unspecified atom stereocenters. The van der Waals surface area contributed by atoms with Crippen LogP contribution in [0.1, 0.15) is 18.9 Å². The number of carbonyl (C=O) groups is 1. The van der Waals surface area contributed by atoms with Gasteiger partial charge >= 0.3 is 0 Å². The van der Waals surface area contributed by atoms with Crippen LogP contribution in [0.2, 0.25) is 0 Å². The summed E-state index contributed by atoms with van der Waals surface area (Å²) in [5.41, 5.74) is 0.935. The Balaban J connectivity index is 1.56. The summed E-state index contributed by atoms with van der Waals surface area (Å²) in [6.45, 7) is 4.64. The van der Waals surface area contributed by atoms with Crippen molar-refractivity contribution in [3.8, 4) is 17.4 Å². The first-order valence-corrected chi connectivity index (χ1v) is 8.59. The molecule has 0 aliphatic carbocycles. The summed E-state index contributed by atoms with van der Waals surface area (Å²) in [6, 6.07) is 11.2. The molecule has 6 nitrogen and oxygen atoms in total. The van der Waals surface area contributed by atoms with Gasteiger partial charge in [-0.3, -0.25) is 4.79 Å². The van der Waals surface area contributed by atoms with Gasteiger partial charge in [0.25, 0.3) is 0 Å². The fourth-order valence-electron chi connectivity index (χ4n) is 2.71. The first kappa shape index (κ1) is 17.2. The molecule has 3 rings (SSSR count). The molecule has 2 N–H and O–H groups in total. The summed E-state index contributed by atoms with van der Waals surface area (Å²) in [7, 11) is 0. The van der Waals surface area contributed by atoms with E-state index in [2.05, 4.69) is 15.6 Å². The van der Waals surface area contributed by atoms with Crippen LogP contribution in [0, 0.1) is 5.92 Å². The van der Waals surface area contributed by atoms with Crippen molar-refractivity contribution in [2.75, 3.05) is 19.7 Å². The van der Waals surface area contributed by atoms with Crippen LogP contribution in [0.4, 0.5) is 0 Å². The van der Waals surface area contributed by atoms with Gasteiger partial charge in [0.1, 0.15) is 0 Å². The van der Waals surface area contributed by atoms with Crippen LogP contribution in [0.15, 0.2) is 42.6 Å². The third-order valence-corrected chi connectivity index (χ3v) is 4.06. The van der Waals surface area contributed by atoms with E-state index in [0.29, 0.717) is 30.5 Å². The predicted molar refractivity (Wildman–Crippen MR) is 94.7 cm³/mol. The van der Waals surface area contributed by atoms with E-state index in [0.717, 1.165) is 25.1 Å². The van der Waals surface area contributed by atoms with Gasteiger partial charge in [-0.25, -0.2) is 4.98 Å². The van der Waals surface area contributed by atoms with Crippen LogP contribution in [0.3, 0.4) is 0 Å². The zero-order valence-electron chi connectivity index (χ0n) is 14.3. The van der Waals surface area contributed by atoms with Crippen molar-refractivity contribution in [3.63, 3.8) is 0 Å². The molecule has 1 aromatic carbocycles. The minimum atomic E-state index is 0.0747. The number of aromatic nitrogens is 1. The number of amides is 1. The second-order valence-corrected chi connectivity index (χ2v) is 5.89. The molecule has 0 radical (unpaired) electrons. The Morgan fingerprint density at radius 3 is 2.80 bits per heavy atom. The van der Waals surface area contributed by atoms with Gasteiger partial charge in [-0.15, -0.1) is 0 Å². The van der Waals surface area contributed by atoms with Crippen molar-refractivity contribution < 1.29 is 14.3 Å². The highest BCUT2D eigenvalue weighted by atomic mass is 16.5. The Morgan fingerprint density at radius 2 is 2.12 bits per heavy atom. The SMILES string of the molecule is CCOc1ccccc1Oc1ccc(CNC(=O)C2CCNC2)cn1. The predicted octanol–water partition coefficient (Wildman–Crippen LogP) is 2.50. The molecule has 1 amide bonds. The number of ether oxygens (including phenoxy) is 2. The number of rotatable bonds is 7. The molecule has 1 atom stereocenters. The molecule has 2 aromatic rings. The number of pyridine rings is 1. The Labute approximate surface area is 147 Å². The van der Waals surface area contributed by atoms with Crippen molar-refractivity contribution in [1.29, 1.82) is 0 Å². The highest BCUT2D eigenvalue weighted by molar-refractivity contribution is 5.79. The van der Waals surface area contributed by atoms with Crippen LogP contribution in [0.25, 0.3) is 0 Å². The molecule has 1 fully saturated rings. The zero-order valence-corrected chi connectivity index (χ0v) is 14.3. The second kappa shape index (κ2) is 8.48. The maximum Gasteiger partial charge on any atom is 0.224 e. The molecular formula is C19H23N3O3. The number of nitrogens with one attached hydrogen (secondary N) is 2. The molecule has 1 aliphatic heterocycles. The lowest BCUT2D eigenvalue weighted by atomic mass is 10.1. The first-order valence-electron chi connectivity index (χ1n) is 8.59. The summed E-state index contributed by atoms with van der Waals surface area (Å²) in [4.78, 5) is 16.3. The monoisotopic (exact) mass is 341 g/mol. The largest absolute Gasteiger partial charge is 0.490 e. The average molecular weight is 341 g/mol. The summed E-state index contributed by atoms with van der Waals surface area (Å²) in [6.07, 6.45) is 2.61. The lowest BCUT2D eigenvalue weighted by Gasteiger charge is -2.12. The lowest BCUT2D eigenvalue weighted by molar-refractivity contribution is -0.124. The van der Waals surface area contributed by atoms with E-state index in [1.807, 2.05) is 37.3 Å². The Hall–Kier alpha value is -2.60. The average Bonchev–Trinajstić information content (AvgIpc) is 3.17. The van der Waals surface area contributed by atoms with Gasteiger partial charge in [0.2, 0.25) is 11.8 Å². The van der Waals surface area contributed by atoms with Crippen molar-refractivity contribution >= 4 is 5.91 Å². The smallest absolute Gasteiger partial charge is 0.224 e. The first-order chi connectivity index (χ1) is 12.3. The molecule has 1 aliphatic rings. The van der Waals surface area contributed by atoms with E-state index >= 15 is 0 Å². The summed E-state index contributed by atoms with van der Waals surface area (Å²) in [5, 5.41) is 6.15. The van der Waals surface area contributed by atoms with Crippen LogP contribution in [-0.4, -0.2) is 30.6 Å². The van der Waals surface area contributed by atoms with Crippen molar-refractivity contribution in [2.24, 2.45) is 5.92 Å². The molecule has 1 saturated heterocycles. The number of carbonyl (C=O) groups excluding carboxylic acids is 1. The minimum Gasteiger partial charge on any atom is -0.490 e. The van der Waals surface area contributed by atoms with E-state index in [1.54, 1.807) is 12.3 Å². The summed E-state index contributed by atoms with van der Waals surface area (Å²) in [5.74, 6) is 1.98. The molecular weight excluding hydrogens is 318 g/mol.